The van der Waals surface area contributed by atoms with E-state index in [1.165, 1.54) is 17.5 Å². The molecule has 3 fully saturated rings. The van der Waals surface area contributed by atoms with E-state index in [1.807, 2.05) is 36.2 Å². The highest BCUT2D eigenvalue weighted by molar-refractivity contribution is 7.18. The van der Waals surface area contributed by atoms with Crippen molar-refractivity contribution in [2.24, 2.45) is 0 Å². The van der Waals surface area contributed by atoms with Gasteiger partial charge < -0.3 is 20.0 Å². The largest absolute Gasteiger partial charge is 0.387 e. The van der Waals surface area contributed by atoms with E-state index in [9.17, 15) is 29.2 Å². The summed E-state index contributed by atoms with van der Waals surface area (Å²) in [6, 6.07) is 13.8. The fourth-order valence-electron chi connectivity index (χ4n) is 7.94. The summed E-state index contributed by atoms with van der Waals surface area (Å²) < 4.78 is 1.76. The molecule has 0 saturated carbocycles. The maximum atomic E-state index is 13.4. The SMILES string of the molecule is CNc1cc(-c2ccc3cc(C#N)cnn23)ncc1-c1nnc(N2CCN(C(=O)CN3CCN(c4ccc5c(c4)C(=O)N(C4CCC(=O)NC4=O)C5=O)CC3)CC2)s1. The monoisotopic (exact) mass is 799 g/mol. The van der Waals surface area contributed by atoms with E-state index in [4.69, 9.17) is 4.98 Å². The Kier molecular flexibility index (Phi) is 9.49. The molecule has 4 aliphatic heterocycles. The number of anilines is 3. The molecular weight excluding hydrogens is 763 g/mol. The number of nitriles is 1. The lowest BCUT2D eigenvalue weighted by Crippen LogP contribution is -2.54. The first-order chi connectivity index (χ1) is 28.2. The van der Waals surface area contributed by atoms with Crippen LogP contribution in [0.5, 0.6) is 0 Å². The van der Waals surface area contributed by atoms with Crippen LogP contribution >= 0.6 is 11.3 Å². The number of piperazine rings is 2. The summed E-state index contributed by atoms with van der Waals surface area (Å²) in [6.07, 6.45) is 3.48. The third-order valence-corrected chi connectivity index (χ3v) is 12.1. The Labute approximate surface area is 335 Å². The van der Waals surface area contributed by atoms with Crippen LogP contribution in [0.25, 0.3) is 27.5 Å². The highest BCUT2D eigenvalue weighted by Gasteiger charge is 2.45. The van der Waals surface area contributed by atoms with Crippen LogP contribution in [0.1, 0.15) is 39.1 Å². The number of hydrogen-bond acceptors (Lipinski definition) is 15. The number of fused-ring (bicyclic) bond motifs is 2. The van der Waals surface area contributed by atoms with E-state index in [-0.39, 0.29) is 29.9 Å². The lowest BCUT2D eigenvalue weighted by Gasteiger charge is -2.38. The molecule has 1 atom stereocenters. The Bertz CT molecular complexity index is 2550. The summed E-state index contributed by atoms with van der Waals surface area (Å²) in [5.74, 6) is -2.03. The van der Waals surface area contributed by atoms with Crippen molar-refractivity contribution in [3.8, 4) is 28.0 Å². The zero-order valence-corrected chi connectivity index (χ0v) is 32.2. The molecule has 0 spiro atoms. The molecule has 18 nitrogen and oxygen atoms in total. The summed E-state index contributed by atoms with van der Waals surface area (Å²) >= 11 is 1.48. The second-order valence-electron chi connectivity index (χ2n) is 14.5. The van der Waals surface area contributed by atoms with Crippen molar-refractivity contribution >= 4 is 62.9 Å². The van der Waals surface area contributed by atoms with Gasteiger partial charge in [0.15, 0.2) is 5.01 Å². The molecule has 1 unspecified atom stereocenters. The average Bonchev–Trinajstić information content (AvgIpc) is 3.97. The van der Waals surface area contributed by atoms with Crippen molar-refractivity contribution in [3.63, 3.8) is 0 Å². The highest BCUT2D eigenvalue weighted by Crippen LogP contribution is 2.36. The summed E-state index contributed by atoms with van der Waals surface area (Å²) in [6.45, 7) is 5.28. The van der Waals surface area contributed by atoms with Gasteiger partial charge in [0, 0.05) is 83.4 Å². The van der Waals surface area contributed by atoms with Crippen LogP contribution in [0, 0.1) is 11.3 Å². The van der Waals surface area contributed by atoms with Crippen molar-refractivity contribution in [2.75, 3.05) is 81.1 Å². The molecule has 3 saturated heterocycles. The van der Waals surface area contributed by atoms with Crippen LogP contribution in [0.15, 0.2) is 54.9 Å². The Balaban J connectivity index is 0.773. The minimum atomic E-state index is -1.01. The second-order valence-corrected chi connectivity index (χ2v) is 15.4. The molecule has 294 valence electrons. The van der Waals surface area contributed by atoms with Gasteiger partial charge in [-0.15, -0.1) is 10.2 Å². The first-order valence-corrected chi connectivity index (χ1v) is 19.8. The zero-order valence-electron chi connectivity index (χ0n) is 31.4. The molecule has 2 N–H and O–H groups in total. The first kappa shape index (κ1) is 36.8. The predicted molar refractivity (Wildman–Crippen MR) is 212 cm³/mol. The van der Waals surface area contributed by atoms with E-state index in [0.29, 0.717) is 64.5 Å². The fraction of sp³-hybridized carbons (Fsp3) is 0.333. The van der Waals surface area contributed by atoms with Crippen LogP contribution in [-0.4, -0.2) is 141 Å². The van der Waals surface area contributed by atoms with Gasteiger partial charge in [-0.25, -0.2) is 4.52 Å². The van der Waals surface area contributed by atoms with E-state index in [1.54, 1.807) is 28.9 Å². The number of aromatic nitrogens is 5. The zero-order chi connectivity index (χ0) is 40.1. The van der Waals surface area contributed by atoms with Crippen LogP contribution in [0.3, 0.4) is 0 Å². The number of nitrogens with zero attached hydrogens (tertiary/aromatic N) is 11. The van der Waals surface area contributed by atoms with Gasteiger partial charge in [-0.1, -0.05) is 11.3 Å². The summed E-state index contributed by atoms with van der Waals surface area (Å²) in [5, 5.41) is 29.6. The molecule has 0 radical (unpaired) electrons. The molecule has 5 amide bonds. The van der Waals surface area contributed by atoms with E-state index < -0.39 is 29.7 Å². The average molecular weight is 800 g/mol. The molecule has 8 heterocycles. The van der Waals surface area contributed by atoms with Crippen molar-refractivity contribution in [1.82, 2.24) is 44.8 Å². The fourth-order valence-corrected chi connectivity index (χ4v) is 8.86. The Morgan fingerprint density at radius 2 is 1.67 bits per heavy atom. The van der Waals surface area contributed by atoms with Gasteiger partial charge in [0.05, 0.1) is 51.9 Å². The molecule has 4 aromatic heterocycles. The number of carbonyl (C=O) groups excluding carboxylic acids is 5. The minimum Gasteiger partial charge on any atom is -0.387 e. The molecule has 9 rings (SSSR count). The van der Waals surface area contributed by atoms with Crippen molar-refractivity contribution in [1.29, 1.82) is 5.26 Å². The normalized spacial score (nSPS) is 18.8. The Morgan fingerprint density at radius 3 is 2.43 bits per heavy atom. The molecule has 4 aliphatic rings. The molecule has 0 aliphatic carbocycles. The standard InChI is InChI=1S/C39H37N13O5S/c1-41-29-18-30(31-5-3-25-16-23(19-40)20-43-52(25)31)42-21-28(29)36-45-46-39(58-36)50-14-12-49(13-15-50)34(54)22-47-8-10-48(11-9-47)24-2-4-26-27(17-24)38(57)51(37(26)56)32-6-7-33(53)44-35(32)55/h2-5,16-18,20-21,32H,6-15,22H2,1H3,(H,41,42)(H,44,53,55). The number of amides is 5. The van der Waals surface area contributed by atoms with E-state index >= 15 is 0 Å². The first-order valence-electron chi connectivity index (χ1n) is 18.9. The maximum Gasteiger partial charge on any atom is 0.262 e. The number of piperidine rings is 1. The number of hydrogen-bond donors (Lipinski definition) is 2. The number of carbonyl (C=O) groups is 5. The lowest BCUT2D eigenvalue weighted by molar-refractivity contribution is -0.136. The third kappa shape index (κ3) is 6.65. The van der Waals surface area contributed by atoms with Crippen LogP contribution in [0.4, 0.5) is 16.5 Å². The van der Waals surface area contributed by atoms with Crippen molar-refractivity contribution < 1.29 is 24.0 Å². The van der Waals surface area contributed by atoms with Crippen molar-refractivity contribution in [3.05, 3.63) is 71.5 Å². The smallest absolute Gasteiger partial charge is 0.262 e. The summed E-state index contributed by atoms with van der Waals surface area (Å²) in [4.78, 5) is 77.9. The summed E-state index contributed by atoms with van der Waals surface area (Å²) in [7, 11) is 1.84. The van der Waals surface area contributed by atoms with E-state index in [2.05, 4.69) is 46.7 Å². The molecular formula is C39H37N13O5S. The Hall–Kier alpha value is -6.78. The molecule has 1 aromatic carbocycles. The number of pyridine rings is 1. The number of benzene rings is 1. The second kappa shape index (κ2) is 14.9. The van der Waals surface area contributed by atoms with Gasteiger partial charge in [0.1, 0.15) is 12.1 Å². The quantitative estimate of drug-likeness (QED) is 0.215. The van der Waals surface area contributed by atoms with Gasteiger partial charge >= 0.3 is 0 Å². The number of nitrogens with one attached hydrogen (secondary N) is 2. The third-order valence-electron chi connectivity index (χ3n) is 11.1. The molecule has 19 heteroatoms. The number of imide groups is 2. The minimum absolute atomic E-state index is 0.0674. The molecule has 58 heavy (non-hydrogen) atoms. The highest BCUT2D eigenvalue weighted by atomic mass is 32.1. The van der Waals surface area contributed by atoms with Gasteiger partial charge in [-0.2, -0.15) is 10.4 Å². The van der Waals surface area contributed by atoms with Crippen molar-refractivity contribution in [2.45, 2.75) is 18.9 Å². The predicted octanol–water partition coefficient (Wildman–Crippen LogP) is 1.70. The topological polar surface area (TPSA) is 205 Å². The van der Waals surface area contributed by atoms with Gasteiger partial charge in [-0.05, 0) is 48.9 Å². The summed E-state index contributed by atoms with van der Waals surface area (Å²) in [5.41, 5.74) is 5.76. The Morgan fingerprint density at radius 1 is 0.897 bits per heavy atom. The lowest BCUT2D eigenvalue weighted by atomic mass is 10.0. The van der Waals surface area contributed by atoms with Gasteiger partial charge in [0.2, 0.25) is 22.9 Å². The van der Waals surface area contributed by atoms with Crippen LogP contribution in [0.2, 0.25) is 0 Å². The van der Waals surface area contributed by atoms with Gasteiger partial charge in [0.25, 0.3) is 11.8 Å². The van der Waals surface area contributed by atoms with Crippen LogP contribution < -0.4 is 20.4 Å². The molecule has 0 bridgehead atoms. The molecule has 5 aromatic rings. The number of rotatable bonds is 8. The van der Waals surface area contributed by atoms with E-state index in [0.717, 1.165) is 48.9 Å². The van der Waals surface area contributed by atoms with Crippen LogP contribution in [-0.2, 0) is 14.4 Å². The van der Waals surface area contributed by atoms with Gasteiger partial charge in [-0.3, -0.25) is 44.1 Å². The maximum absolute atomic E-state index is 13.4.